The fourth-order valence-corrected chi connectivity index (χ4v) is 14.3. The molecule has 16 rings (SSSR count). The molecule has 7 aliphatic carbocycles. The Morgan fingerprint density at radius 1 is 0.500 bits per heavy atom. The summed E-state index contributed by atoms with van der Waals surface area (Å²) in [4.78, 5) is 26.9. The van der Waals surface area contributed by atoms with Gasteiger partial charge in [-0.1, -0.05) is 48.6 Å². The molecule has 9 aromatic carbocycles. The fourth-order valence-electron chi connectivity index (χ4n) is 14.3. The van der Waals surface area contributed by atoms with E-state index < -0.39 is 23.8 Å². The lowest BCUT2D eigenvalue weighted by Crippen LogP contribution is -2.36. The van der Waals surface area contributed by atoms with E-state index in [2.05, 4.69) is 48.6 Å². The lowest BCUT2D eigenvalue weighted by atomic mass is 9.63. The van der Waals surface area contributed by atoms with Gasteiger partial charge in [0.05, 0.1) is 11.8 Å². The summed E-state index contributed by atoms with van der Waals surface area (Å²) < 4.78 is 0. The van der Waals surface area contributed by atoms with Crippen LogP contribution in [0.3, 0.4) is 0 Å². The lowest BCUT2D eigenvalue weighted by Gasteiger charge is -2.39. The molecule has 210 valence electrons. The number of carboxylic acid groups (broad SMARTS) is 2. The van der Waals surface area contributed by atoms with Gasteiger partial charge in [-0.05, 0) is 148 Å². The Bertz CT molecular complexity index is 3360. The van der Waals surface area contributed by atoms with Gasteiger partial charge in [0.25, 0.3) is 0 Å². The van der Waals surface area contributed by atoms with Gasteiger partial charge in [-0.25, -0.2) is 0 Å². The molecule has 46 heavy (non-hydrogen) atoms. The van der Waals surface area contributed by atoms with E-state index >= 15 is 0 Å². The van der Waals surface area contributed by atoms with Gasteiger partial charge in [0.2, 0.25) is 0 Å². The molecule has 4 heteroatoms. The minimum atomic E-state index is -1.12. The molecule has 8 atom stereocenters. The van der Waals surface area contributed by atoms with Gasteiger partial charge in [-0.3, -0.25) is 9.59 Å². The second kappa shape index (κ2) is 5.45. The maximum atomic E-state index is 13.5. The van der Waals surface area contributed by atoms with Crippen molar-refractivity contribution in [2.45, 2.75) is 17.8 Å². The average molecular weight is 587 g/mol. The van der Waals surface area contributed by atoms with Gasteiger partial charge in [0, 0.05) is 17.8 Å². The normalized spacial score (nSPS) is 32.0. The molecule has 7 aliphatic rings. The van der Waals surface area contributed by atoms with Crippen LogP contribution in [-0.2, 0) is 9.59 Å². The van der Waals surface area contributed by atoms with Crippen molar-refractivity contribution in [2.24, 2.45) is 29.6 Å². The molecular formula is C42H18O4. The van der Waals surface area contributed by atoms with Crippen LogP contribution in [-0.4, -0.2) is 22.2 Å². The number of rotatable bonds is 2. The Kier molecular flexibility index (Phi) is 2.46. The molecule has 1 saturated carbocycles. The Morgan fingerprint density at radius 3 is 1.96 bits per heavy atom. The molecule has 9 aromatic rings. The van der Waals surface area contributed by atoms with Crippen molar-refractivity contribution in [3.8, 4) is 0 Å². The summed E-state index contributed by atoms with van der Waals surface area (Å²) in [5.41, 5.74) is 7.59. The SMILES string of the molecule is O=C(O)C1C2=c3c4c5c6c7c8c9c(c%10ccc%11c%12ccc%13c(c3c3c%13c%12c(c%11c%108)c7c53)C1C(=O)O)C=CC1C9C=6C3C1C=CC2C43. The van der Waals surface area contributed by atoms with Crippen LogP contribution < -0.4 is 10.4 Å². The highest BCUT2D eigenvalue weighted by atomic mass is 16.4. The summed E-state index contributed by atoms with van der Waals surface area (Å²) in [5.74, 6) is -2.76. The predicted molar refractivity (Wildman–Crippen MR) is 179 cm³/mol. The number of benzene rings is 5. The number of aliphatic carboxylic acids is 2. The van der Waals surface area contributed by atoms with E-state index in [9.17, 15) is 19.8 Å². The van der Waals surface area contributed by atoms with Crippen molar-refractivity contribution in [1.29, 1.82) is 0 Å². The van der Waals surface area contributed by atoms with Crippen molar-refractivity contribution in [3.05, 3.63) is 75.2 Å². The number of hydrogen-bond donors (Lipinski definition) is 2. The van der Waals surface area contributed by atoms with Crippen molar-refractivity contribution < 1.29 is 19.8 Å². The standard InChI is InChI=1S/C42H18O4/c43-41(44)39-25-15-7-5-13-11-3-1-9-10-2-4-12-14-6-8-16-24-22(14)29-20(12)18(10)27-17(9)19(11)28-21(13)23(15)30-32(25)33(26(16)40(39)42(45)46)31(24)38-36(29)34(27)35(28)37(30)38/h1-8,11,13,15,19,21,23,39-40H,(H,43,44)(H,45,46). The molecule has 0 bridgehead atoms. The highest BCUT2D eigenvalue weighted by Gasteiger charge is 2.62. The molecule has 4 nitrogen and oxygen atoms in total. The van der Waals surface area contributed by atoms with Crippen LogP contribution in [0.15, 0.2) is 42.5 Å². The first kappa shape index (κ1) is 20.7. The summed E-state index contributed by atoms with van der Waals surface area (Å²) in [5, 5.41) is 45.5. The minimum Gasteiger partial charge on any atom is -0.481 e. The first-order valence-electron chi connectivity index (χ1n) is 16.7. The van der Waals surface area contributed by atoms with E-state index in [-0.39, 0.29) is 11.8 Å². The molecular weight excluding hydrogens is 568 g/mol. The van der Waals surface area contributed by atoms with Gasteiger partial charge in [0.15, 0.2) is 0 Å². The third-order valence-corrected chi connectivity index (χ3v) is 15.0. The van der Waals surface area contributed by atoms with Crippen LogP contribution in [0.1, 0.15) is 40.0 Å². The highest BCUT2D eigenvalue weighted by molar-refractivity contribution is 6.57. The van der Waals surface area contributed by atoms with Crippen molar-refractivity contribution in [1.82, 2.24) is 0 Å². The summed E-state index contributed by atoms with van der Waals surface area (Å²) in [6.07, 6.45) is 9.70. The fraction of sp³-hybridized carbons (Fsp3) is 0.190. The van der Waals surface area contributed by atoms with E-state index in [4.69, 9.17) is 0 Å². The largest absolute Gasteiger partial charge is 0.481 e. The van der Waals surface area contributed by atoms with Crippen molar-refractivity contribution >= 4 is 115 Å². The van der Waals surface area contributed by atoms with Gasteiger partial charge < -0.3 is 10.2 Å². The van der Waals surface area contributed by atoms with Gasteiger partial charge in [-0.15, -0.1) is 0 Å². The third kappa shape index (κ3) is 1.46. The Hall–Kier alpha value is -5.22. The summed E-state index contributed by atoms with van der Waals surface area (Å²) in [6.45, 7) is 0. The minimum absolute atomic E-state index is 0.0847. The Balaban J connectivity index is 1.39. The third-order valence-electron chi connectivity index (χ3n) is 15.0. The van der Waals surface area contributed by atoms with Crippen LogP contribution in [0.5, 0.6) is 0 Å². The topological polar surface area (TPSA) is 74.6 Å². The van der Waals surface area contributed by atoms with Gasteiger partial charge in [0.1, 0.15) is 0 Å². The smallest absolute Gasteiger partial charge is 0.312 e. The summed E-state index contributed by atoms with van der Waals surface area (Å²) in [7, 11) is 0. The number of fused-ring (bicyclic) bond motifs is 5. The second-order valence-corrected chi connectivity index (χ2v) is 15.7. The van der Waals surface area contributed by atoms with Crippen molar-refractivity contribution in [2.75, 3.05) is 0 Å². The molecule has 0 saturated heterocycles. The Morgan fingerprint density at radius 2 is 1.15 bits per heavy atom. The molecule has 0 aliphatic heterocycles. The lowest BCUT2D eigenvalue weighted by molar-refractivity contribution is -0.148. The van der Waals surface area contributed by atoms with Crippen LogP contribution in [0.25, 0.3) is 103 Å². The van der Waals surface area contributed by atoms with E-state index in [0.717, 1.165) is 27.1 Å². The Labute approximate surface area is 257 Å². The van der Waals surface area contributed by atoms with E-state index in [1.54, 1.807) is 11.1 Å². The van der Waals surface area contributed by atoms with Crippen LogP contribution in [0, 0.1) is 29.6 Å². The average Bonchev–Trinajstić information content (AvgIpc) is 3.87. The quantitative estimate of drug-likeness (QED) is 0.169. The summed E-state index contributed by atoms with van der Waals surface area (Å²) >= 11 is 0. The van der Waals surface area contributed by atoms with Crippen LogP contribution in [0.2, 0.25) is 0 Å². The molecule has 0 amide bonds. The van der Waals surface area contributed by atoms with E-state index in [0.29, 0.717) is 23.7 Å². The molecule has 1 fully saturated rings. The molecule has 0 aromatic heterocycles. The molecule has 0 heterocycles. The number of allylic oxidation sites excluding steroid dienone is 3. The maximum Gasteiger partial charge on any atom is 0.312 e. The van der Waals surface area contributed by atoms with E-state index in [1.165, 1.54) is 91.8 Å². The first-order valence-corrected chi connectivity index (χ1v) is 16.7. The highest BCUT2D eigenvalue weighted by Crippen LogP contribution is 2.72. The number of carbonyl (C=O) groups is 2. The zero-order chi connectivity index (χ0) is 29.3. The van der Waals surface area contributed by atoms with Gasteiger partial charge in [-0.2, -0.15) is 0 Å². The molecule has 8 unspecified atom stereocenters. The van der Waals surface area contributed by atoms with Crippen LogP contribution in [0.4, 0.5) is 0 Å². The maximum absolute atomic E-state index is 13.5. The molecule has 0 radical (unpaired) electrons. The predicted octanol–water partition coefficient (Wildman–Crippen LogP) is 7.01. The van der Waals surface area contributed by atoms with E-state index in [1.807, 2.05) is 0 Å². The van der Waals surface area contributed by atoms with Crippen LogP contribution >= 0.6 is 0 Å². The first-order chi connectivity index (χ1) is 22.6. The summed E-state index contributed by atoms with van der Waals surface area (Å²) in [6, 6.07) is 9.08. The molecule has 2 N–H and O–H groups in total. The molecule has 0 spiro atoms. The zero-order valence-corrected chi connectivity index (χ0v) is 23.9. The van der Waals surface area contributed by atoms with Gasteiger partial charge >= 0.3 is 11.9 Å². The van der Waals surface area contributed by atoms with Crippen molar-refractivity contribution in [3.63, 3.8) is 0 Å². The monoisotopic (exact) mass is 586 g/mol. The zero-order valence-electron chi connectivity index (χ0n) is 23.9. The second-order valence-electron chi connectivity index (χ2n) is 15.7. The number of hydrogen-bond acceptors (Lipinski definition) is 2. The number of carboxylic acids is 2.